The lowest BCUT2D eigenvalue weighted by atomic mass is 10.3. The molecule has 0 aliphatic heterocycles. The molecular weight excluding hydrogens is 172 g/mol. The minimum Gasteiger partial charge on any atom is -0.426 e. The molecular formula is C9H10O2S. The Balaban J connectivity index is 2.59. The van der Waals surface area contributed by atoms with Gasteiger partial charge in [0.1, 0.15) is 5.75 Å². The van der Waals surface area contributed by atoms with E-state index in [9.17, 15) is 4.79 Å². The molecule has 1 rings (SSSR count). The van der Waals surface area contributed by atoms with Gasteiger partial charge in [-0.3, -0.25) is 4.79 Å². The number of benzene rings is 1. The molecule has 0 fully saturated rings. The maximum absolute atomic E-state index is 11.0. The fourth-order valence-electron chi connectivity index (χ4n) is 0.690. The fourth-order valence-corrected chi connectivity index (χ4v) is 0.743. The number of carbonyl (C=O) groups excluding carboxylic acids is 1. The zero-order valence-electron chi connectivity index (χ0n) is 6.73. The van der Waals surface area contributed by atoms with Crippen molar-refractivity contribution in [2.24, 2.45) is 0 Å². The average Bonchev–Trinajstić information content (AvgIpc) is 2.06. The van der Waals surface area contributed by atoms with Gasteiger partial charge in [0, 0.05) is 0 Å². The maximum Gasteiger partial charge on any atom is 0.323 e. The van der Waals surface area contributed by atoms with Crippen molar-refractivity contribution < 1.29 is 9.53 Å². The van der Waals surface area contributed by atoms with Crippen molar-refractivity contribution in [2.75, 3.05) is 0 Å². The monoisotopic (exact) mass is 182 g/mol. The Hall–Kier alpha value is -0.960. The molecule has 12 heavy (non-hydrogen) atoms. The van der Waals surface area contributed by atoms with Gasteiger partial charge in [-0.05, 0) is 19.1 Å². The van der Waals surface area contributed by atoms with E-state index >= 15 is 0 Å². The summed E-state index contributed by atoms with van der Waals surface area (Å²) in [6.45, 7) is 1.67. The normalized spacial score (nSPS) is 12.2. The first-order valence-corrected chi connectivity index (χ1v) is 4.16. The molecule has 0 radical (unpaired) electrons. The van der Waals surface area contributed by atoms with Crippen LogP contribution in [0.1, 0.15) is 6.92 Å². The SMILES string of the molecule is CC(S)C(=O)Oc1ccccc1. The minimum atomic E-state index is -0.384. The van der Waals surface area contributed by atoms with Crippen molar-refractivity contribution in [2.45, 2.75) is 12.2 Å². The van der Waals surface area contributed by atoms with E-state index in [0.29, 0.717) is 5.75 Å². The van der Waals surface area contributed by atoms with E-state index in [0.717, 1.165) is 0 Å². The molecule has 0 heterocycles. The van der Waals surface area contributed by atoms with Crippen LogP contribution in [0.25, 0.3) is 0 Å². The zero-order valence-corrected chi connectivity index (χ0v) is 7.62. The fraction of sp³-hybridized carbons (Fsp3) is 0.222. The third-order valence-electron chi connectivity index (χ3n) is 1.30. The van der Waals surface area contributed by atoms with Gasteiger partial charge in [-0.15, -0.1) is 0 Å². The van der Waals surface area contributed by atoms with Crippen LogP contribution < -0.4 is 4.74 Å². The summed E-state index contributed by atoms with van der Waals surface area (Å²) < 4.78 is 4.96. The number of carbonyl (C=O) groups is 1. The van der Waals surface area contributed by atoms with Crippen molar-refractivity contribution in [3.63, 3.8) is 0 Å². The molecule has 0 aromatic heterocycles. The van der Waals surface area contributed by atoms with Crippen molar-refractivity contribution in [3.05, 3.63) is 30.3 Å². The third kappa shape index (κ3) is 2.58. The zero-order chi connectivity index (χ0) is 8.97. The summed E-state index contributed by atoms with van der Waals surface area (Å²) in [6.07, 6.45) is 0. The van der Waals surface area contributed by atoms with E-state index in [1.54, 1.807) is 19.1 Å². The summed E-state index contributed by atoms with van der Waals surface area (Å²) in [7, 11) is 0. The third-order valence-corrected chi connectivity index (χ3v) is 1.51. The van der Waals surface area contributed by atoms with Crippen molar-refractivity contribution >= 4 is 18.6 Å². The Kier molecular flexibility index (Phi) is 3.17. The van der Waals surface area contributed by atoms with Crippen LogP contribution in [0.15, 0.2) is 30.3 Å². The Labute approximate surface area is 77.0 Å². The highest BCUT2D eigenvalue weighted by Crippen LogP contribution is 2.10. The predicted molar refractivity (Wildman–Crippen MR) is 50.5 cm³/mol. The van der Waals surface area contributed by atoms with Gasteiger partial charge >= 0.3 is 5.97 Å². The Morgan fingerprint density at radius 2 is 2.00 bits per heavy atom. The topological polar surface area (TPSA) is 26.3 Å². The van der Waals surface area contributed by atoms with Gasteiger partial charge in [-0.1, -0.05) is 18.2 Å². The lowest BCUT2D eigenvalue weighted by molar-refractivity contribution is -0.133. The molecule has 0 saturated heterocycles. The number of esters is 1. The molecule has 1 aromatic carbocycles. The highest BCUT2D eigenvalue weighted by atomic mass is 32.1. The van der Waals surface area contributed by atoms with Crippen molar-refractivity contribution in [1.82, 2.24) is 0 Å². The molecule has 0 N–H and O–H groups in total. The Morgan fingerprint density at radius 3 is 2.50 bits per heavy atom. The molecule has 0 spiro atoms. The molecule has 1 unspecified atom stereocenters. The minimum absolute atomic E-state index is 0.329. The molecule has 0 amide bonds. The van der Waals surface area contributed by atoms with Gasteiger partial charge in [0.05, 0.1) is 5.25 Å². The molecule has 0 saturated carbocycles. The maximum atomic E-state index is 11.0. The van der Waals surface area contributed by atoms with Crippen LogP contribution in [-0.2, 0) is 4.79 Å². The van der Waals surface area contributed by atoms with Crippen LogP contribution in [0.4, 0.5) is 0 Å². The van der Waals surface area contributed by atoms with Gasteiger partial charge in [0.25, 0.3) is 0 Å². The first-order valence-electron chi connectivity index (χ1n) is 3.65. The van der Waals surface area contributed by atoms with Crippen molar-refractivity contribution in [1.29, 1.82) is 0 Å². The van der Waals surface area contributed by atoms with Gasteiger partial charge in [0.15, 0.2) is 0 Å². The standard InChI is InChI=1S/C9H10O2S/c1-7(12)9(10)11-8-5-3-2-4-6-8/h2-7,12H,1H3. The van der Waals surface area contributed by atoms with E-state index < -0.39 is 0 Å². The number of rotatable bonds is 2. The van der Waals surface area contributed by atoms with Gasteiger partial charge in [-0.25, -0.2) is 0 Å². The summed E-state index contributed by atoms with van der Waals surface area (Å²) in [6, 6.07) is 8.95. The molecule has 2 nitrogen and oxygen atoms in total. The highest BCUT2D eigenvalue weighted by molar-refractivity contribution is 7.81. The number of hydrogen-bond acceptors (Lipinski definition) is 3. The smallest absolute Gasteiger partial charge is 0.323 e. The van der Waals surface area contributed by atoms with Crippen LogP contribution >= 0.6 is 12.6 Å². The Morgan fingerprint density at radius 1 is 1.42 bits per heavy atom. The molecule has 1 atom stereocenters. The Bertz CT molecular complexity index is 256. The van der Waals surface area contributed by atoms with Gasteiger partial charge in [0.2, 0.25) is 0 Å². The van der Waals surface area contributed by atoms with Crippen molar-refractivity contribution in [3.8, 4) is 5.75 Å². The largest absolute Gasteiger partial charge is 0.426 e. The van der Waals surface area contributed by atoms with Gasteiger partial charge < -0.3 is 4.74 Å². The average molecular weight is 182 g/mol. The van der Waals surface area contributed by atoms with Crippen LogP contribution in [0.5, 0.6) is 5.75 Å². The summed E-state index contributed by atoms with van der Waals surface area (Å²) in [5.74, 6) is 0.230. The lowest BCUT2D eigenvalue weighted by Crippen LogP contribution is -2.17. The lowest BCUT2D eigenvalue weighted by Gasteiger charge is -2.04. The highest BCUT2D eigenvalue weighted by Gasteiger charge is 2.09. The van der Waals surface area contributed by atoms with E-state index in [-0.39, 0.29) is 11.2 Å². The summed E-state index contributed by atoms with van der Waals surface area (Å²) in [5, 5.41) is -0.384. The summed E-state index contributed by atoms with van der Waals surface area (Å²) in [4.78, 5) is 11.0. The van der Waals surface area contributed by atoms with E-state index in [4.69, 9.17) is 4.74 Å². The summed E-state index contributed by atoms with van der Waals surface area (Å²) in [5.41, 5.74) is 0. The second-order valence-electron chi connectivity index (χ2n) is 2.41. The van der Waals surface area contributed by atoms with E-state index in [1.807, 2.05) is 18.2 Å². The molecule has 3 heteroatoms. The first kappa shape index (κ1) is 9.13. The first-order chi connectivity index (χ1) is 5.70. The summed E-state index contributed by atoms with van der Waals surface area (Å²) >= 11 is 3.95. The molecule has 0 aliphatic rings. The molecule has 64 valence electrons. The van der Waals surface area contributed by atoms with Crippen LogP contribution in [0, 0.1) is 0 Å². The van der Waals surface area contributed by atoms with Crippen LogP contribution in [0.3, 0.4) is 0 Å². The predicted octanol–water partition coefficient (Wildman–Crippen LogP) is 1.91. The van der Waals surface area contributed by atoms with Gasteiger partial charge in [-0.2, -0.15) is 12.6 Å². The number of para-hydroxylation sites is 1. The number of hydrogen-bond donors (Lipinski definition) is 1. The second kappa shape index (κ2) is 4.16. The molecule has 1 aromatic rings. The van der Waals surface area contributed by atoms with E-state index in [2.05, 4.69) is 12.6 Å². The molecule has 0 aliphatic carbocycles. The quantitative estimate of drug-likeness (QED) is 0.429. The molecule has 0 bridgehead atoms. The van der Waals surface area contributed by atoms with Crippen LogP contribution in [-0.4, -0.2) is 11.2 Å². The number of thiol groups is 1. The van der Waals surface area contributed by atoms with Crippen LogP contribution in [0.2, 0.25) is 0 Å². The second-order valence-corrected chi connectivity index (χ2v) is 3.18. The number of ether oxygens (including phenoxy) is 1. The van der Waals surface area contributed by atoms with E-state index in [1.165, 1.54) is 0 Å².